The highest BCUT2D eigenvalue weighted by Crippen LogP contribution is 2.21. The summed E-state index contributed by atoms with van der Waals surface area (Å²) in [6.07, 6.45) is 5.09. The van der Waals surface area contributed by atoms with E-state index < -0.39 is 17.3 Å². The SMILES string of the molecule is C[C@@H](NC(=O)C(F)(F)Cl)c1ccc(-n2ccnc2)cc1. The number of hydrogen-bond donors (Lipinski definition) is 1. The second-order valence-corrected chi connectivity index (χ2v) is 4.73. The van der Waals surface area contributed by atoms with Gasteiger partial charge in [0.05, 0.1) is 12.4 Å². The largest absolute Gasteiger partial charge is 0.399 e. The van der Waals surface area contributed by atoms with Crippen molar-refractivity contribution < 1.29 is 13.6 Å². The first-order valence-corrected chi connectivity index (χ1v) is 6.21. The van der Waals surface area contributed by atoms with Crippen LogP contribution in [0.15, 0.2) is 43.0 Å². The minimum Gasteiger partial charge on any atom is -0.343 e. The minimum atomic E-state index is -3.90. The van der Waals surface area contributed by atoms with Crippen LogP contribution >= 0.6 is 11.6 Å². The monoisotopic (exact) mass is 299 g/mol. The smallest absolute Gasteiger partial charge is 0.343 e. The van der Waals surface area contributed by atoms with Gasteiger partial charge in [-0.15, -0.1) is 0 Å². The van der Waals surface area contributed by atoms with Crippen LogP contribution in [0.3, 0.4) is 0 Å². The van der Waals surface area contributed by atoms with E-state index in [1.165, 1.54) is 0 Å². The molecule has 1 amide bonds. The Morgan fingerprint density at radius 3 is 2.55 bits per heavy atom. The number of imidazole rings is 1. The maximum atomic E-state index is 12.6. The van der Waals surface area contributed by atoms with Crippen LogP contribution in [-0.2, 0) is 4.79 Å². The quantitative estimate of drug-likeness (QED) is 0.883. The van der Waals surface area contributed by atoms with Gasteiger partial charge in [0, 0.05) is 18.1 Å². The van der Waals surface area contributed by atoms with E-state index in [-0.39, 0.29) is 0 Å². The zero-order chi connectivity index (χ0) is 14.8. The van der Waals surface area contributed by atoms with Gasteiger partial charge in [0.15, 0.2) is 0 Å². The summed E-state index contributed by atoms with van der Waals surface area (Å²) >= 11 is 4.65. The molecule has 1 aromatic carbocycles. The third kappa shape index (κ3) is 3.33. The number of carbonyl (C=O) groups is 1. The van der Waals surface area contributed by atoms with E-state index in [4.69, 9.17) is 0 Å². The number of aromatic nitrogens is 2. The van der Waals surface area contributed by atoms with Crippen molar-refractivity contribution >= 4 is 17.5 Å². The first kappa shape index (κ1) is 14.5. The van der Waals surface area contributed by atoms with Gasteiger partial charge in [0.2, 0.25) is 0 Å². The molecule has 1 atom stereocenters. The number of rotatable bonds is 4. The normalized spacial score (nSPS) is 13.0. The van der Waals surface area contributed by atoms with Crippen LogP contribution in [0.1, 0.15) is 18.5 Å². The van der Waals surface area contributed by atoms with Crippen molar-refractivity contribution in [1.82, 2.24) is 14.9 Å². The Kier molecular flexibility index (Phi) is 4.04. The molecule has 106 valence electrons. The zero-order valence-electron chi connectivity index (χ0n) is 10.6. The van der Waals surface area contributed by atoms with Crippen molar-refractivity contribution in [2.24, 2.45) is 0 Å². The summed E-state index contributed by atoms with van der Waals surface area (Å²) in [7, 11) is 0. The topological polar surface area (TPSA) is 46.9 Å². The Bertz CT molecular complexity index is 579. The number of carbonyl (C=O) groups excluding carboxylic acids is 1. The van der Waals surface area contributed by atoms with Crippen LogP contribution in [0, 0.1) is 0 Å². The molecule has 0 saturated heterocycles. The van der Waals surface area contributed by atoms with E-state index in [1.807, 2.05) is 0 Å². The average molecular weight is 300 g/mol. The Balaban J connectivity index is 2.08. The molecular formula is C13H12ClF2N3O. The molecule has 0 unspecified atom stereocenters. The van der Waals surface area contributed by atoms with Crippen LogP contribution in [0.4, 0.5) is 8.78 Å². The maximum absolute atomic E-state index is 12.6. The number of hydrogen-bond acceptors (Lipinski definition) is 2. The second-order valence-electron chi connectivity index (χ2n) is 4.25. The molecule has 0 aliphatic heterocycles. The van der Waals surface area contributed by atoms with Gasteiger partial charge in [-0.05, 0) is 36.2 Å². The lowest BCUT2D eigenvalue weighted by molar-refractivity contribution is -0.136. The summed E-state index contributed by atoms with van der Waals surface area (Å²) in [4.78, 5) is 15.0. The predicted octanol–water partition coefficient (Wildman–Crippen LogP) is 2.88. The summed E-state index contributed by atoms with van der Waals surface area (Å²) in [5.74, 6) is -1.51. The number of amides is 1. The number of alkyl halides is 3. The molecule has 0 spiro atoms. The van der Waals surface area contributed by atoms with E-state index >= 15 is 0 Å². The lowest BCUT2D eigenvalue weighted by Gasteiger charge is -2.16. The first-order valence-electron chi connectivity index (χ1n) is 5.84. The van der Waals surface area contributed by atoms with Crippen LogP contribution in [0.5, 0.6) is 0 Å². The molecule has 0 aliphatic rings. The molecule has 0 saturated carbocycles. The van der Waals surface area contributed by atoms with E-state index in [2.05, 4.69) is 21.9 Å². The fourth-order valence-electron chi connectivity index (χ4n) is 1.71. The molecule has 2 aromatic rings. The molecule has 0 fully saturated rings. The van der Waals surface area contributed by atoms with Gasteiger partial charge in [0.25, 0.3) is 0 Å². The standard InChI is InChI=1S/C13H12ClF2N3O/c1-9(18-12(20)13(14,15)16)10-2-4-11(5-3-10)19-7-6-17-8-19/h2-9H,1H3,(H,18,20)/t9-/m1/s1. The first-order chi connectivity index (χ1) is 9.38. The molecule has 7 heteroatoms. The van der Waals surface area contributed by atoms with Gasteiger partial charge < -0.3 is 9.88 Å². The molecule has 20 heavy (non-hydrogen) atoms. The molecule has 0 aliphatic carbocycles. The van der Waals surface area contributed by atoms with Crippen molar-refractivity contribution in [2.45, 2.75) is 18.3 Å². The lowest BCUT2D eigenvalue weighted by atomic mass is 10.1. The highest BCUT2D eigenvalue weighted by molar-refractivity contribution is 6.32. The zero-order valence-corrected chi connectivity index (χ0v) is 11.3. The molecule has 2 rings (SSSR count). The molecule has 1 N–H and O–H groups in total. The van der Waals surface area contributed by atoms with Gasteiger partial charge in [-0.3, -0.25) is 4.79 Å². The van der Waals surface area contributed by atoms with E-state index in [9.17, 15) is 13.6 Å². The predicted molar refractivity (Wildman–Crippen MR) is 70.9 cm³/mol. The molecule has 0 radical (unpaired) electrons. The molecule has 4 nitrogen and oxygen atoms in total. The number of nitrogens with zero attached hydrogens (tertiary/aromatic N) is 2. The van der Waals surface area contributed by atoms with Gasteiger partial charge >= 0.3 is 11.3 Å². The summed E-state index contributed by atoms with van der Waals surface area (Å²) < 4.78 is 27.0. The molecule has 0 bridgehead atoms. The second kappa shape index (κ2) is 5.58. The highest BCUT2D eigenvalue weighted by atomic mass is 35.5. The van der Waals surface area contributed by atoms with E-state index in [1.54, 1.807) is 54.5 Å². The Morgan fingerprint density at radius 1 is 1.40 bits per heavy atom. The lowest BCUT2D eigenvalue weighted by Crippen LogP contribution is -2.37. The summed E-state index contributed by atoms with van der Waals surface area (Å²) in [6.45, 7) is 1.60. The van der Waals surface area contributed by atoms with Crippen molar-refractivity contribution in [3.8, 4) is 5.69 Å². The fraction of sp³-hybridized carbons (Fsp3) is 0.231. The van der Waals surface area contributed by atoms with Gasteiger partial charge in [-0.1, -0.05) is 12.1 Å². The van der Waals surface area contributed by atoms with Crippen molar-refractivity contribution in [3.63, 3.8) is 0 Å². The minimum absolute atomic E-state index is 0.566. The van der Waals surface area contributed by atoms with Crippen molar-refractivity contribution in [3.05, 3.63) is 48.5 Å². The van der Waals surface area contributed by atoms with Crippen molar-refractivity contribution in [2.75, 3.05) is 0 Å². The Hall–Kier alpha value is -1.95. The molecular weight excluding hydrogens is 288 g/mol. The molecule has 1 aromatic heterocycles. The fourth-order valence-corrected chi connectivity index (χ4v) is 1.76. The van der Waals surface area contributed by atoms with Gasteiger partial charge in [-0.2, -0.15) is 8.78 Å². The third-order valence-corrected chi connectivity index (χ3v) is 2.97. The van der Waals surface area contributed by atoms with Crippen LogP contribution < -0.4 is 5.32 Å². The number of halogens is 3. The van der Waals surface area contributed by atoms with Crippen LogP contribution in [0.2, 0.25) is 0 Å². The van der Waals surface area contributed by atoms with Gasteiger partial charge in [0.1, 0.15) is 0 Å². The summed E-state index contributed by atoms with van der Waals surface area (Å²) in [5, 5.41) is -1.75. The number of nitrogens with one attached hydrogen (secondary N) is 1. The highest BCUT2D eigenvalue weighted by Gasteiger charge is 2.36. The summed E-state index contributed by atoms with van der Waals surface area (Å²) in [6, 6.07) is 6.53. The van der Waals surface area contributed by atoms with Crippen LogP contribution in [-0.4, -0.2) is 20.8 Å². The van der Waals surface area contributed by atoms with Gasteiger partial charge in [-0.25, -0.2) is 4.98 Å². The third-order valence-electron chi connectivity index (χ3n) is 2.80. The Morgan fingerprint density at radius 2 is 2.05 bits per heavy atom. The maximum Gasteiger partial charge on any atom is 0.399 e. The summed E-state index contributed by atoms with van der Waals surface area (Å²) in [5.41, 5.74) is 1.58. The number of benzene rings is 1. The Labute approximate surface area is 119 Å². The van der Waals surface area contributed by atoms with E-state index in [0.717, 1.165) is 5.69 Å². The van der Waals surface area contributed by atoms with Crippen LogP contribution in [0.25, 0.3) is 5.69 Å². The average Bonchev–Trinajstić information content (AvgIpc) is 2.91. The molecule has 1 heterocycles. The van der Waals surface area contributed by atoms with Crippen molar-refractivity contribution in [1.29, 1.82) is 0 Å². The van der Waals surface area contributed by atoms with E-state index in [0.29, 0.717) is 5.56 Å².